The second-order valence-electron chi connectivity index (χ2n) is 8.70. The van der Waals surface area contributed by atoms with Crippen molar-refractivity contribution in [3.8, 4) is 5.75 Å². The lowest BCUT2D eigenvalue weighted by Crippen LogP contribution is -2.67. The molecule has 7 heteroatoms. The minimum atomic E-state index is -3.56. The summed E-state index contributed by atoms with van der Waals surface area (Å²) in [6, 6.07) is 6.41. The zero-order valence-corrected chi connectivity index (χ0v) is 17.4. The molecule has 0 radical (unpaired) electrons. The van der Waals surface area contributed by atoms with Crippen molar-refractivity contribution in [1.82, 2.24) is 9.80 Å². The van der Waals surface area contributed by atoms with Gasteiger partial charge in [0.15, 0.2) is 5.25 Å². The highest BCUT2D eigenvalue weighted by molar-refractivity contribution is 8.00. The maximum Gasteiger partial charge on any atom is 0.278 e. The molecule has 1 N–H and O–H groups in total. The number of likely N-dealkylation sites (tertiary alicyclic amines) is 1. The summed E-state index contributed by atoms with van der Waals surface area (Å²) in [7, 11) is -3.56. The third kappa shape index (κ3) is 3.65. The van der Waals surface area contributed by atoms with Crippen LogP contribution in [-0.2, 0) is 25.8 Å². The van der Waals surface area contributed by atoms with Crippen LogP contribution in [0.5, 0.6) is 5.75 Å². The lowest BCUT2D eigenvalue weighted by atomic mass is 10.1. The monoisotopic (exact) mass is 394 g/mol. The summed E-state index contributed by atoms with van der Waals surface area (Å²) >= 11 is 0. The van der Waals surface area contributed by atoms with E-state index in [-0.39, 0.29) is 17.7 Å². The Bertz CT molecular complexity index is 747. The SMILES string of the molecule is CC(C)CCN1C[C@H]2[C@H](C1)[S+](=O)([O-])C(C)(C)C(=O)N2Cc1ccc(O)cc1. The van der Waals surface area contributed by atoms with Gasteiger partial charge in [0.25, 0.3) is 5.91 Å². The molecule has 2 aliphatic heterocycles. The van der Waals surface area contributed by atoms with Gasteiger partial charge in [-0.3, -0.25) is 9.69 Å². The number of rotatable bonds is 5. The van der Waals surface area contributed by atoms with Gasteiger partial charge in [0.05, 0.1) is 16.3 Å². The van der Waals surface area contributed by atoms with E-state index in [1.54, 1.807) is 29.2 Å². The molecule has 3 atom stereocenters. The van der Waals surface area contributed by atoms with Gasteiger partial charge in [0, 0.05) is 19.6 Å². The number of amides is 1. The Hall–Kier alpha value is -1.44. The molecule has 1 unspecified atom stereocenters. The second kappa shape index (κ2) is 7.18. The van der Waals surface area contributed by atoms with Crippen LogP contribution in [0.1, 0.15) is 39.7 Å². The van der Waals surface area contributed by atoms with Crippen LogP contribution in [0.15, 0.2) is 24.3 Å². The average molecular weight is 395 g/mol. The van der Waals surface area contributed by atoms with Crippen LogP contribution < -0.4 is 0 Å². The molecule has 2 heterocycles. The van der Waals surface area contributed by atoms with Gasteiger partial charge in [-0.2, -0.15) is 0 Å². The molecule has 0 saturated carbocycles. The van der Waals surface area contributed by atoms with Gasteiger partial charge in [-0.05, 0) is 50.4 Å². The number of phenols is 1. The molecule has 0 spiro atoms. The number of sulfone groups is 1. The molecule has 150 valence electrons. The third-order valence-electron chi connectivity index (χ3n) is 5.91. The van der Waals surface area contributed by atoms with Crippen molar-refractivity contribution in [2.45, 2.75) is 56.7 Å². The zero-order valence-electron chi connectivity index (χ0n) is 16.6. The first-order chi connectivity index (χ1) is 12.5. The summed E-state index contributed by atoms with van der Waals surface area (Å²) in [6.45, 7) is 9.66. The van der Waals surface area contributed by atoms with E-state index in [0.717, 1.165) is 18.5 Å². The molecule has 1 amide bonds. The molecule has 3 rings (SSSR count). The predicted molar refractivity (Wildman–Crippen MR) is 105 cm³/mol. The van der Waals surface area contributed by atoms with E-state index in [2.05, 4.69) is 18.7 Å². The lowest BCUT2D eigenvalue weighted by molar-refractivity contribution is -0.137. The summed E-state index contributed by atoms with van der Waals surface area (Å²) in [5, 5.41) is 8.94. The van der Waals surface area contributed by atoms with Crippen molar-refractivity contribution < 1.29 is 18.7 Å². The number of benzene rings is 1. The molecular formula is C20H30N2O4S. The van der Waals surface area contributed by atoms with Crippen LogP contribution in [0.3, 0.4) is 0 Å². The van der Waals surface area contributed by atoms with Gasteiger partial charge in [-0.15, -0.1) is 4.21 Å². The highest BCUT2D eigenvalue weighted by Crippen LogP contribution is 2.41. The molecule has 1 aromatic rings. The molecule has 27 heavy (non-hydrogen) atoms. The van der Waals surface area contributed by atoms with E-state index < -0.39 is 20.2 Å². The smallest absolute Gasteiger partial charge is 0.278 e. The molecule has 2 fully saturated rings. The number of hydrogen-bond acceptors (Lipinski definition) is 5. The van der Waals surface area contributed by atoms with Crippen LogP contribution in [0.25, 0.3) is 0 Å². The van der Waals surface area contributed by atoms with E-state index in [1.807, 2.05) is 0 Å². The highest BCUT2D eigenvalue weighted by atomic mass is 32.3. The van der Waals surface area contributed by atoms with Gasteiger partial charge in [0.2, 0.25) is 4.75 Å². The maximum atomic E-state index is 13.1. The third-order valence-corrected chi connectivity index (χ3v) is 8.77. The van der Waals surface area contributed by atoms with E-state index in [0.29, 0.717) is 25.6 Å². The van der Waals surface area contributed by atoms with Gasteiger partial charge >= 0.3 is 0 Å². The van der Waals surface area contributed by atoms with Gasteiger partial charge in [-0.25, -0.2) is 0 Å². The molecule has 0 bridgehead atoms. The molecule has 1 aromatic carbocycles. The van der Waals surface area contributed by atoms with Crippen LogP contribution in [-0.4, -0.2) is 61.0 Å². The summed E-state index contributed by atoms with van der Waals surface area (Å²) in [6.07, 6.45) is 1.01. The number of hydrogen-bond donors (Lipinski definition) is 1. The van der Waals surface area contributed by atoms with Crippen molar-refractivity contribution in [2.24, 2.45) is 5.92 Å². The first-order valence-corrected chi connectivity index (χ1v) is 11.1. The Kier molecular flexibility index (Phi) is 5.40. The number of aromatic hydroxyl groups is 1. The Balaban J connectivity index is 1.89. The van der Waals surface area contributed by atoms with E-state index in [1.165, 1.54) is 13.8 Å². The van der Waals surface area contributed by atoms with Gasteiger partial charge in [-0.1, -0.05) is 26.0 Å². The normalized spacial score (nSPS) is 30.7. The summed E-state index contributed by atoms with van der Waals surface area (Å²) in [4.78, 5) is 17.1. The Labute approximate surface area is 162 Å². The van der Waals surface area contributed by atoms with Gasteiger partial charge in [0.1, 0.15) is 5.75 Å². The molecule has 6 nitrogen and oxygen atoms in total. The average Bonchev–Trinajstić information content (AvgIpc) is 3.03. The second-order valence-corrected chi connectivity index (χ2v) is 11.4. The summed E-state index contributed by atoms with van der Waals surface area (Å²) in [5.74, 6) is 0.392. The Morgan fingerprint density at radius 2 is 1.89 bits per heavy atom. The fourth-order valence-corrected chi connectivity index (χ4v) is 6.22. The number of fused-ring (bicyclic) bond motifs is 1. The Morgan fingerprint density at radius 1 is 1.26 bits per heavy atom. The van der Waals surface area contributed by atoms with Crippen molar-refractivity contribution in [2.75, 3.05) is 19.6 Å². The summed E-state index contributed by atoms with van der Waals surface area (Å²) < 4.78 is 24.9. The first kappa shape index (κ1) is 20.3. The van der Waals surface area contributed by atoms with Crippen LogP contribution in [0.2, 0.25) is 0 Å². The minimum Gasteiger partial charge on any atom is -0.614 e. The van der Waals surface area contributed by atoms with E-state index in [4.69, 9.17) is 0 Å². The Morgan fingerprint density at radius 3 is 2.48 bits per heavy atom. The topological polar surface area (TPSA) is 83.9 Å². The number of carbonyl (C=O) groups excluding carboxylic acids is 1. The van der Waals surface area contributed by atoms with Gasteiger partial charge < -0.3 is 14.6 Å². The van der Waals surface area contributed by atoms with E-state index >= 15 is 0 Å². The standard InChI is InChI=1S/C20H30N2O4S/c1-14(2)9-10-21-12-17-18(13-21)27(25,26)20(3,4)19(24)22(17)11-15-5-7-16(23)8-6-15/h5-8,14,17-18H,9-13H2,1-4H3,(H-,23,25,26)/t17-,18-/m0/s1. The fourth-order valence-electron chi connectivity index (χ4n) is 4.04. The largest absolute Gasteiger partial charge is 0.614 e. The molecule has 0 aliphatic carbocycles. The van der Waals surface area contributed by atoms with Crippen LogP contribution in [0, 0.1) is 5.92 Å². The van der Waals surface area contributed by atoms with Crippen LogP contribution >= 0.6 is 0 Å². The molecule has 2 aliphatic rings. The summed E-state index contributed by atoms with van der Waals surface area (Å²) in [5.41, 5.74) is 0.885. The number of nitrogens with zero attached hydrogens (tertiary/aromatic N) is 2. The van der Waals surface area contributed by atoms with Crippen molar-refractivity contribution in [3.63, 3.8) is 0 Å². The molecule has 2 saturated heterocycles. The maximum absolute atomic E-state index is 13.1. The zero-order chi connectivity index (χ0) is 20.0. The van der Waals surface area contributed by atoms with E-state index in [9.17, 15) is 18.7 Å². The van der Waals surface area contributed by atoms with Crippen LogP contribution in [0.4, 0.5) is 0 Å². The minimum absolute atomic E-state index is 0.172. The van der Waals surface area contributed by atoms with Crippen molar-refractivity contribution >= 4 is 16.1 Å². The number of carbonyl (C=O) groups is 1. The van der Waals surface area contributed by atoms with Crippen molar-refractivity contribution in [1.29, 1.82) is 0 Å². The fraction of sp³-hybridized carbons (Fsp3) is 0.650. The quantitative estimate of drug-likeness (QED) is 0.775. The predicted octanol–water partition coefficient (Wildman–Crippen LogP) is 2.24. The number of phenolic OH excluding ortho intramolecular Hbond substituents is 1. The molecular weight excluding hydrogens is 364 g/mol. The lowest BCUT2D eigenvalue weighted by Gasteiger charge is -2.47. The highest BCUT2D eigenvalue weighted by Gasteiger charge is 2.63. The van der Waals surface area contributed by atoms with Crippen molar-refractivity contribution in [3.05, 3.63) is 29.8 Å². The first-order valence-electron chi connectivity index (χ1n) is 9.59. The molecule has 0 aromatic heterocycles.